The van der Waals surface area contributed by atoms with E-state index in [0.29, 0.717) is 6.10 Å². The molecule has 1 aromatic carbocycles. The summed E-state index contributed by atoms with van der Waals surface area (Å²) >= 11 is 0. The number of hydrogen-bond acceptors (Lipinski definition) is 3. The molecular weight excluding hydrogens is 212 g/mol. The molecule has 0 saturated heterocycles. The second kappa shape index (κ2) is 6.03. The minimum atomic E-state index is 0.335. The molecule has 0 saturated carbocycles. The van der Waals surface area contributed by atoms with Crippen molar-refractivity contribution in [1.29, 1.82) is 0 Å². The first-order chi connectivity index (χ1) is 8.29. The van der Waals surface area contributed by atoms with Gasteiger partial charge in [-0.2, -0.15) is 0 Å². The van der Waals surface area contributed by atoms with Crippen molar-refractivity contribution in [2.24, 2.45) is 0 Å². The topological polar surface area (TPSA) is 33.3 Å². The first-order valence-corrected chi connectivity index (χ1v) is 6.49. The van der Waals surface area contributed by atoms with Gasteiger partial charge in [0.25, 0.3) is 0 Å². The molecule has 1 aliphatic rings. The zero-order chi connectivity index (χ0) is 12.1. The summed E-state index contributed by atoms with van der Waals surface area (Å²) in [6, 6.07) is 6.51. The van der Waals surface area contributed by atoms with E-state index in [0.717, 1.165) is 38.3 Å². The van der Waals surface area contributed by atoms with Crippen LogP contribution in [0.4, 0.5) is 0 Å². The van der Waals surface area contributed by atoms with Crippen LogP contribution in [-0.2, 0) is 13.0 Å². The summed E-state index contributed by atoms with van der Waals surface area (Å²) < 4.78 is 5.69. The van der Waals surface area contributed by atoms with Gasteiger partial charge in [-0.05, 0) is 30.7 Å². The molecule has 0 bridgehead atoms. The van der Waals surface area contributed by atoms with Gasteiger partial charge in [-0.25, -0.2) is 0 Å². The molecule has 0 amide bonds. The predicted molar refractivity (Wildman–Crippen MR) is 70.5 cm³/mol. The number of benzene rings is 1. The van der Waals surface area contributed by atoms with Crippen LogP contribution in [0.5, 0.6) is 5.75 Å². The predicted octanol–water partition coefficient (Wildman–Crippen LogP) is 1.71. The van der Waals surface area contributed by atoms with E-state index >= 15 is 0 Å². The number of hydrogen-bond donors (Lipinski definition) is 2. The van der Waals surface area contributed by atoms with Crippen LogP contribution in [0.2, 0.25) is 0 Å². The summed E-state index contributed by atoms with van der Waals surface area (Å²) in [6.07, 6.45) is 1.38. The maximum Gasteiger partial charge on any atom is 0.123 e. The van der Waals surface area contributed by atoms with Gasteiger partial charge in [0.05, 0.1) is 0 Å². The highest BCUT2D eigenvalue weighted by Crippen LogP contribution is 2.29. The number of fused-ring (bicyclic) bond motifs is 1. The Balaban J connectivity index is 1.80. The van der Waals surface area contributed by atoms with Crippen LogP contribution in [0.3, 0.4) is 0 Å². The smallest absolute Gasteiger partial charge is 0.123 e. The van der Waals surface area contributed by atoms with E-state index in [-0.39, 0.29) is 0 Å². The fourth-order valence-corrected chi connectivity index (χ4v) is 2.17. The molecule has 17 heavy (non-hydrogen) atoms. The van der Waals surface area contributed by atoms with Crippen LogP contribution in [0.15, 0.2) is 18.2 Å². The number of rotatable bonds is 6. The van der Waals surface area contributed by atoms with Crippen molar-refractivity contribution in [2.45, 2.75) is 32.9 Å². The summed E-state index contributed by atoms with van der Waals surface area (Å²) in [5, 5.41) is 6.74. The van der Waals surface area contributed by atoms with Crippen molar-refractivity contribution in [2.75, 3.05) is 19.6 Å². The zero-order valence-electron chi connectivity index (χ0n) is 10.8. The van der Waals surface area contributed by atoms with Gasteiger partial charge in [-0.1, -0.05) is 19.1 Å². The third-order valence-electron chi connectivity index (χ3n) is 3.02. The second-order valence-corrected chi connectivity index (χ2v) is 4.60. The van der Waals surface area contributed by atoms with Gasteiger partial charge in [0.2, 0.25) is 0 Å². The third-order valence-corrected chi connectivity index (χ3v) is 3.02. The highest BCUT2D eigenvalue weighted by Gasteiger charge is 2.18. The van der Waals surface area contributed by atoms with E-state index in [1.54, 1.807) is 0 Å². The van der Waals surface area contributed by atoms with Crippen LogP contribution in [0, 0.1) is 0 Å². The third kappa shape index (κ3) is 3.45. The molecule has 1 atom stereocenters. The van der Waals surface area contributed by atoms with Gasteiger partial charge in [0.1, 0.15) is 11.9 Å². The molecule has 0 radical (unpaired) electrons. The van der Waals surface area contributed by atoms with E-state index in [9.17, 15) is 0 Å². The van der Waals surface area contributed by atoms with Gasteiger partial charge < -0.3 is 15.4 Å². The largest absolute Gasteiger partial charge is 0.490 e. The first kappa shape index (κ1) is 12.4. The summed E-state index contributed by atoms with van der Waals surface area (Å²) in [7, 11) is 0. The molecule has 1 aromatic rings. The molecule has 1 aliphatic heterocycles. The van der Waals surface area contributed by atoms with Crippen LogP contribution in [0.25, 0.3) is 0 Å². The van der Waals surface area contributed by atoms with Crippen molar-refractivity contribution >= 4 is 0 Å². The molecule has 94 valence electrons. The average molecular weight is 234 g/mol. The van der Waals surface area contributed by atoms with Gasteiger partial charge in [-0.15, -0.1) is 0 Å². The molecule has 3 nitrogen and oxygen atoms in total. The monoisotopic (exact) mass is 234 g/mol. The Morgan fingerprint density at radius 3 is 2.94 bits per heavy atom. The van der Waals surface area contributed by atoms with Crippen molar-refractivity contribution in [3.63, 3.8) is 0 Å². The molecule has 0 spiro atoms. The molecule has 2 rings (SSSR count). The standard InChI is InChI=1S/C14H22N2O/c1-3-15-6-7-16-10-12-4-5-14-13(9-12)8-11(2)17-14/h4-5,9,11,15-16H,3,6-8,10H2,1-2H3. The number of ether oxygens (including phenoxy) is 1. The van der Waals surface area contributed by atoms with Crippen molar-refractivity contribution in [1.82, 2.24) is 10.6 Å². The van der Waals surface area contributed by atoms with Gasteiger partial charge in [0.15, 0.2) is 0 Å². The molecular formula is C14H22N2O. The number of likely N-dealkylation sites (N-methyl/N-ethyl adjacent to an activating group) is 1. The van der Waals surface area contributed by atoms with Crippen LogP contribution >= 0.6 is 0 Å². The maximum atomic E-state index is 5.69. The summed E-state index contributed by atoms with van der Waals surface area (Å²) in [5.74, 6) is 1.06. The SMILES string of the molecule is CCNCCNCc1ccc2c(c1)CC(C)O2. The second-order valence-electron chi connectivity index (χ2n) is 4.60. The molecule has 3 heteroatoms. The Bertz CT molecular complexity index is 365. The fourth-order valence-electron chi connectivity index (χ4n) is 2.17. The van der Waals surface area contributed by atoms with Crippen LogP contribution in [-0.4, -0.2) is 25.7 Å². The van der Waals surface area contributed by atoms with Crippen LogP contribution < -0.4 is 15.4 Å². The summed E-state index contributed by atoms with van der Waals surface area (Å²) in [4.78, 5) is 0. The average Bonchev–Trinajstić information content (AvgIpc) is 2.68. The van der Waals surface area contributed by atoms with Crippen molar-refractivity contribution in [3.8, 4) is 5.75 Å². The molecule has 0 aromatic heterocycles. The fraction of sp³-hybridized carbons (Fsp3) is 0.571. The molecule has 1 heterocycles. The lowest BCUT2D eigenvalue weighted by Gasteiger charge is -2.07. The van der Waals surface area contributed by atoms with Crippen molar-refractivity contribution < 1.29 is 4.74 Å². The summed E-state index contributed by atoms with van der Waals surface area (Å²) in [5.41, 5.74) is 2.70. The van der Waals surface area contributed by atoms with E-state index in [2.05, 4.69) is 42.7 Å². The first-order valence-electron chi connectivity index (χ1n) is 6.49. The Labute approximate surface area is 104 Å². The Morgan fingerprint density at radius 1 is 1.29 bits per heavy atom. The minimum Gasteiger partial charge on any atom is -0.490 e. The molecule has 0 aliphatic carbocycles. The quantitative estimate of drug-likeness (QED) is 0.735. The lowest BCUT2D eigenvalue weighted by molar-refractivity contribution is 0.254. The van der Waals surface area contributed by atoms with Crippen molar-refractivity contribution in [3.05, 3.63) is 29.3 Å². The highest BCUT2D eigenvalue weighted by atomic mass is 16.5. The van der Waals surface area contributed by atoms with E-state index in [4.69, 9.17) is 4.74 Å². The van der Waals surface area contributed by atoms with Gasteiger partial charge in [-0.3, -0.25) is 0 Å². The Kier molecular flexibility index (Phi) is 4.40. The molecule has 1 unspecified atom stereocenters. The van der Waals surface area contributed by atoms with E-state index < -0.39 is 0 Å². The van der Waals surface area contributed by atoms with E-state index in [1.807, 2.05) is 0 Å². The molecule has 0 fully saturated rings. The zero-order valence-corrected chi connectivity index (χ0v) is 10.8. The normalized spacial score (nSPS) is 17.9. The number of nitrogens with one attached hydrogen (secondary N) is 2. The van der Waals surface area contributed by atoms with E-state index in [1.165, 1.54) is 11.1 Å². The Hall–Kier alpha value is -1.06. The Morgan fingerprint density at radius 2 is 2.12 bits per heavy atom. The van der Waals surface area contributed by atoms with Crippen LogP contribution in [0.1, 0.15) is 25.0 Å². The minimum absolute atomic E-state index is 0.335. The molecule has 2 N–H and O–H groups in total. The maximum absolute atomic E-state index is 5.69. The van der Waals surface area contributed by atoms with Gasteiger partial charge >= 0.3 is 0 Å². The summed E-state index contributed by atoms with van der Waals surface area (Å²) in [6.45, 7) is 8.26. The lowest BCUT2D eigenvalue weighted by Crippen LogP contribution is -2.26. The van der Waals surface area contributed by atoms with Gasteiger partial charge in [0, 0.05) is 26.1 Å². The highest BCUT2D eigenvalue weighted by molar-refractivity contribution is 5.40. The lowest BCUT2D eigenvalue weighted by atomic mass is 10.1.